The first-order chi connectivity index (χ1) is 14.9. The van der Waals surface area contributed by atoms with Crippen LogP contribution in [0.5, 0.6) is 0 Å². The number of esters is 1. The summed E-state index contributed by atoms with van der Waals surface area (Å²) in [6, 6.07) is 9.23. The number of amides is 3. The Bertz CT molecular complexity index is 1030. The van der Waals surface area contributed by atoms with E-state index in [4.69, 9.17) is 4.74 Å². The number of nitrogens with zero attached hydrogens (tertiary/aromatic N) is 2. The molecule has 1 aliphatic carbocycles. The van der Waals surface area contributed by atoms with Crippen LogP contribution in [0.3, 0.4) is 0 Å². The van der Waals surface area contributed by atoms with Crippen molar-refractivity contribution in [3.05, 3.63) is 36.0 Å². The Hall–Kier alpha value is -3.07. The molecule has 3 amide bonds. The molecule has 9 heteroatoms. The van der Waals surface area contributed by atoms with Gasteiger partial charge in [-0.2, -0.15) is 0 Å². The van der Waals surface area contributed by atoms with Crippen molar-refractivity contribution >= 4 is 40.2 Å². The van der Waals surface area contributed by atoms with Crippen molar-refractivity contribution in [3.63, 3.8) is 0 Å². The van der Waals surface area contributed by atoms with E-state index >= 15 is 0 Å². The van der Waals surface area contributed by atoms with Gasteiger partial charge in [0.15, 0.2) is 10.8 Å². The number of aromatic nitrogens is 1. The Kier molecular flexibility index (Phi) is 5.86. The number of methoxy groups -OCH3 is 1. The summed E-state index contributed by atoms with van der Waals surface area (Å²) in [5.41, 5.74) is 0.376. The first-order valence-corrected chi connectivity index (χ1v) is 11.0. The quantitative estimate of drug-likeness (QED) is 0.545. The van der Waals surface area contributed by atoms with Gasteiger partial charge in [-0.15, -0.1) is 0 Å². The zero-order valence-corrected chi connectivity index (χ0v) is 18.0. The minimum absolute atomic E-state index is 0.0264. The van der Waals surface area contributed by atoms with Crippen LogP contribution in [0.2, 0.25) is 0 Å². The second kappa shape index (κ2) is 8.58. The maximum atomic E-state index is 12.7. The summed E-state index contributed by atoms with van der Waals surface area (Å²) >= 11 is 1.17. The SMILES string of the molecule is COC(=O)c1nc(NC(=O)CCN2C(=O)CC3(CCCC3)C2=O)sc1-c1ccccc1. The van der Waals surface area contributed by atoms with E-state index in [2.05, 4.69) is 10.3 Å². The zero-order chi connectivity index (χ0) is 22.0. The number of benzene rings is 1. The fourth-order valence-corrected chi connectivity index (χ4v) is 5.29. The monoisotopic (exact) mass is 441 g/mol. The van der Waals surface area contributed by atoms with Gasteiger partial charge >= 0.3 is 5.97 Å². The van der Waals surface area contributed by atoms with Gasteiger partial charge in [0.05, 0.1) is 17.4 Å². The van der Waals surface area contributed by atoms with E-state index < -0.39 is 11.4 Å². The van der Waals surface area contributed by atoms with Crippen molar-refractivity contribution in [1.29, 1.82) is 0 Å². The topological polar surface area (TPSA) is 106 Å². The van der Waals surface area contributed by atoms with Crippen LogP contribution in [0.1, 0.15) is 49.0 Å². The highest BCUT2D eigenvalue weighted by Gasteiger charge is 2.52. The van der Waals surface area contributed by atoms with Crippen LogP contribution < -0.4 is 5.32 Å². The molecule has 2 aliphatic rings. The molecule has 2 fully saturated rings. The van der Waals surface area contributed by atoms with Gasteiger partial charge in [-0.05, 0) is 18.4 Å². The lowest BCUT2D eigenvalue weighted by Gasteiger charge is -2.20. The number of hydrogen-bond acceptors (Lipinski definition) is 7. The van der Waals surface area contributed by atoms with E-state index in [0.29, 0.717) is 4.88 Å². The molecule has 1 spiro atoms. The van der Waals surface area contributed by atoms with Crippen molar-refractivity contribution in [2.75, 3.05) is 19.0 Å². The van der Waals surface area contributed by atoms with Crippen molar-refractivity contribution in [2.24, 2.45) is 5.41 Å². The number of anilines is 1. The van der Waals surface area contributed by atoms with Crippen LogP contribution in [-0.2, 0) is 19.1 Å². The number of nitrogens with one attached hydrogen (secondary N) is 1. The minimum Gasteiger partial charge on any atom is -0.464 e. The van der Waals surface area contributed by atoms with Gasteiger partial charge in [0.25, 0.3) is 0 Å². The number of hydrogen-bond donors (Lipinski definition) is 1. The van der Waals surface area contributed by atoms with Gasteiger partial charge < -0.3 is 10.1 Å². The number of carbonyl (C=O) groups excluding carboxylic acids is 4. The van der Waals surface area contributed by atoms with Crippen LogP contribution in [0.25, 0.3) is 10.4 Å². The number of rotatable bonds is 6. The van der Waals surface area contributed by atoms with Crippen molar-refractivity contribution in [1.82, 2.24) is 9.88 Å². The Labute approximate surface area is 183 Å². The maximum absolute atomic E-state index is 12.7. The first-order valence-electron chi connectivity index (χ1n) is 10.2. The van der Waals surface area contributed by atoms with E-state index in [1.54, 1.807) is 0 Å². The Morgan fingerprint density at radius 3 is 2.58 bits per heavy atom. The molecule has 0 bridgehead atoms. The molecule has 31 heavy (non-hydrogen) atoms. The Morgan fingerprint density at radius 2 is 1.90 bits per heavy atom. The van der Waals surface area contributed by atoms with E-state index in [-0.39, 0.29) is 47.9 Å². The van der Waals surface area contributed by atoms with Crippen LogP contribution in [0.15, 0.2) is 30.3 Å². The second-order valence-electron chi connectivity index (χ2n) is 7.87. The van der Waals surface area contributed by atoms with Crippen LogP contribution in [0.4, 0.5) is 5.13 Å². The van der Waals surface area contributed by atoms with E-state index in [0.717, 1.165) is 31.2 Å². The molecule has 0 unspecified atom stereocenters. The summed E-state index contributed by atoms with van der Waals surface area (Å²) in [5, 5.41) is 2.94. The lowest BCUT2D eigenvalue weighted by molar-refractivity contribution is -0.141. The standard InChI is InChI=1S/C22H23N3O5S/c1-30-19(28)17-18(14-7-3-2-4-8-14)31-21(24-17)23-15(26)9-12-25-16(27)13-22(20(25)29)10-5-6-11-22/h2-4,7-8H,5-6,9-13H2,1H3,(H,23,24,26). The van der Waals surface area contributed by atoms with E-state index in [1.165, 1.54) is 23.3 Å². The van der Waals surface area contributed by atoms with Gasteiger partial charge in [0.2, 0.25) is 17.7 Å². The van der Waals surface area contributed by atoms with Gasteiger partial charge in [-0.25, -0.2) is 9.78 Å². The number of likely N-dealkylation sites (tertiary alicyclic amines) is 1. The Balaban J connectivity index is 1.43. The van der Waals surface area contributed by atoms with Gasteiger partial charge in [0, 0.05) is 19.4 Å². The lowest BCUT2D eigenvalue weighted by Crippen LogP contribution is -2.36. The third-order valence-corrected chi connectivity index (χ3v) is 6.92. The molecule has 162 valence electrons. The third-order valence-electron chi connectivity index (χ3n) is 5.90. The molecule has 1 saturated heterocycles. The van der Waals surface area contributed by atoms with Crippen LogP contribution in [-0.4, -0.2) is 47.2 Å². The molecule has 1 aromatic heterocycles. The van der Waals surface area contributed by atoms with Gasteiger partial charge in [-0.1, -0.05) is 54.5 Å². The molecule has 4 rings (SSSR count). The molecule has 8 nitrogen and oxygen atoms in total. The van der Waals surface area contributed by atoms with Crippen molar-refractivity contribution in [2.45, 2.75) is 38.5 Å². The number of ether oxygens (including phenoxy) is 1. The first kappa shape index (κ1) is 21.2. The predicted molar refractivity (Wildman–Crippen MR) is 114 cm³/mol. The summed E-state index contributed by atoms with van der Waals surface area (Å²) in [5.74, 6) is -1.31. The molecular weight excluding hydrogens is 418 g/mol. The molecular formula is C22H23N3O5S. The summed E-state index contributed by atoms with van der Waals surface area (Å²) in [6.45, 7) is 0.0476. The molecule has 1 aromatic carbocycles. The normalized spacial score (nSPS) is 17.4. The smallest absolute Gasteiger partial charge is 0.358 e. The zero-order valence-electron chi connectivity index (χ0n) is 17.2. The second-order valence-corrected chi connectivity index (χ2v) is 8.87. The number of imide groups is 1. The predicted octanol–water partition coefficient (Wildman–Crippen LogP) is 3.24. The molecule has 0 atom stereocenters. The van der Waals surface area contributed by atoms with E-state index in [1.807, 2.05) is 30.3 Å². The molecule has 1 saturated carbocycles. The number of carbonyl (C=O) groups is 4. The van der Waals surface area contributed by atoms with Crippen molar-refractivity contribution < 1.29 is 23.9 Å². The highest BCUT2D eigenvalue weighted by molar-refractivity contribution is 7.19. The average Bonchev–Trinajstić information content (AvgIpc) is 3.46. The van der Waals surface area contributed by atoms with Crippen molar-refractivity contribution in [3.8, 4) is 10.4 Å². The average molecular weight is 442 g/mol. The summed E-state index contributed by atoms with van der Waals surface area (Å²) < 4.78 is 4.81. The van der Waals surface area contributed by atoms with Gasteiger partial charge in [0.1, 0.15) is 0 Å². The Morgan fingerprint density at radius 1 is 1.19 bits per heavy atom. The highest BCUT2D eigenvalue weighted by Crippen LogP contribution is 2.46. The fraction of sp³-hybridized carbons (Fsp3) is 0.409. The third kappa shape index (κ3) is 4.10. The summed E-state index contributed by atoms with van der Waals surface area (Å²) in [6.07, 6.45) is 3.65. The molecule has 2 heterocycles. The lowest BCUT2D eigenvalue weighted by atomic mass is 9.84. The summed E-state index contributed by atoms with van der Waals surface area (Å²) in [7, 11) is 1.27. The maximum Gasteiger partial charge on any atom is 0.358 e. The molecule has 1 aliphatic heterocycles. The molecule has 0 radical (unpaired) electrons. The largest absolute Gasteiger partial charge is 0.464 e. The van der Waals surface area contributed by atoms with Crippen LogP contribution in [0, 0.1) is 5.41 Å². The molecule has 1 N–H and O–H groups in total. The minimum atomic E-state index is -0.592. The summed E-state index contributed by atoms with van der Waals surface area (Å²) in [4.78, 5) is 55.7. The van der Waals surface area contributed by atoms with Gasteiger partial charge in [-0.3, -0.25) is 19.3 Å². The highest BCUT2D eigenvalue weighted by atomic mass is 32.1. The fourth-order valence-electron chi connectivity index (χ4n) is 4.32. The van der Waals surface area contributed by atoms with Crippen LogP contribution >= 0.6 is 11.3 Å². The molecule has 2 aromatic rings. The number of thiazole rings is 1. The van der Waals surface area contributed by atoms with E-state index in [9.17, 15) is 19.2 Å².